The second-order valence-electron chi connectivity index (χ2n) is 5.24. The molecule has 0 bridgehead atoms. The Bertz CT molecular complexity index is 465. The van der Waals surface area contributed by atoms with Crippen LogP contribution < -0.4 is 10.1 Å². The van der Waals surface area contributed by atoms with Crippen molar-refractivity contribution >= 4 is 5.91 Å². The summed E-state index contributed by atoms with van der Waals surface area (Å²) in [6, 6.07) is 7.40. The summed E-state index contributed by atoms with van der Waals surface area (Å²) in [7, 11) is 1.59. The largest absolute Gasteiger partial charge is 0.497 e. The highest BCUT2D eigenvalue weighted by Gasteiger charge is 2.30. The molecule has 0 spiro atoms. The van der Waals surface area contributed by atoms with Crippen LogP contribution >= 0.6 is 0 Å². The van der Waals surface area contributed by atoms with Crippen molar-refractivity contribution in [2.75, 3.05) is 20.3 Å². The lowest BCUT2D eigenvalue weighted by atomic mass is 9.98. The van der Waals surface area contributed by atoms with Crippen LogP contribution in [0.1, 0.15) is 25.8 Å². The zero-order valence-electron chi connectivity index (χ0n) is 13.3. The molecule has 0 aromatic heterocycles. The molecule has 0 saturated carbocycles. The second kappa shape index (κ2) is 8.73. The molecule has 22 heavy (non-hydrogen) atoms. The number of methoxy groups -OCH3 is 1. The minimum Gasteiger partial charge on any atom is -0.497 e. The number of rotatable bonds is 9. The molecule has 0 aliphatic rings. The molecular formula is C16H25NO5. The first-order valence-electron chi connectivity index (χ1n) is 7.28. The molecular weight excluding hydrogens is 286 g/mol. The number of nitrogens with one attached hydrogen (secondary N) is 1. The molecule has 0 unspecified atom stereocenters. The Morgan fingerprint density at radius 3 is 2.59 bits per heavy atom. The van der Waals surface area contributed by atoms with Gasteiger partial charge in [0.2, 0.25) is 5.91 Å². The van der Waals surface area contributed by atoms with Crippen molar-refractivity contribution in [3.8, 4) is 5.75 Å². The lowest BCUT2D eigenvalue weighted by Gasteiger charge is -2.30. The number of aliphatic hydroxyl groups is 2. The zero-order chi connectivity index (χ0) is 16.6. The molecule has 0 radical (unpaired) electrons. The van der Waals surface area contributed by atoms with E-state index in [0.29, 0.717) is 6.42 Å². The Morgan fingerprint density at radius 1 is 1.36 bits per heavy atom. The van der Waals surface area contributed by atoms with E-state index in [1.165, 1.54) is 0 Å². The molecule has 6 heteroatoms. The maximum absolute atomic E-state index is 12.1. The van der Waals surface area contributed by atoms with Crippen LogP contribution in [0.2, 0.25) is 0 Å². The van der Waals surface area contributed by atoms with E-state index in [4.69, 9.17) is 9.47 Å². The number of ether oxygens (including phenoxy) is 2. The van der Waals surface area contributed by atoms with Gasteiger partial charge in [0.15, 0.2) is 0 Å². The summed E-state index contributed by atoms with van der Waals surface area (Å²) in [4.78, 5) is 12.1. The molecule has 1 atom stereocenters. The number of benzene rings is 1. The molecule has 0 fully saturated rings. The van der Waals surface area contributed by atoms with Crippen LogP contribution in [0.25, 0.3) is 0 Å². The molecule has 3 N–H and O–H groups in total. The predicted molar refractivity (Wildman–Crippen MR) is 82.6 cm³/mol. The quantitative estimate of drug-likeness (QED) is 0.629. The molecule has 124 valence electrons. The van der Waals surface area contributed by atoms with E-state index in [1.807, 2.05) is 24.3 Å². The van der Waals surface area contributed by atoms with Crippen molar-refractivity contribution in [3.63, 3.8) is 0 Å². The van der Waals surface area contributed by atoms with Crippen molar-refractivity contribution in [1.29, 1.82) is 0 Å². The lowest BCUT2D eigenvalue weighted by Crippen LogP contribution is -2.56. The third kappa shape index (κ3) is 4.98. The number of hydrogen-bond acceptors (Lipinski definition) is 5. The van der Waals surface area contributed by atoms with Crippen molar-refractivity contribution in [1.82, 2.24) is 5.32 Å². The highest BCUT2D eigenvalue weighted by molar-refractivity contribution is 5.81. The standard InChI is InChI=1S/C16H25NO5/c1-4-16(10-18,11-19)17-15(20)12(2)22-9-13-6-5-7-14(8-13)21-3/h5-8,12,18-19H,4,9-11H2,1-3H3,(H,17,20)/t12-/m0/s1. The summed E-state index contributed by atoms with van der Waals surface area (Å²) in [5.41, 5.74) is -0.116. The maximum atomic E-state index is 12.1. The summed E-state index contributed by atoms with van der Waals surface area (Å²) < 4.78 is 10.7. The summed E-state index contributed by atoms with van der Waals surface area (Å²) in [5, 5.41) is 21.3. The van der Waals surface area contributed by atoms with Gasteiger partial charge < -0.3 is 25.0 Å². The third-order valence-electron chi connectivity index (χ3n) is 3.67. The molecule has 0 saturated heterocycles. The predicted octanol–water partition coefficient (Wildman–Crippen LogP) is 0.850. The Balaban J connectivity index is 2.57. The highest BCUT2D eigenvalue weighted by Crippen LogP contribution is 2.14. The Labute approximate surface area is 131 Å². The fourth-order valence-corrected chi connectivity index (χ4v) is 1.86. The van der Waals surface area contributed by atoms with Crippen LogP contribution in [0.5, 0.6) is 5.75 Å². The van der Waals surface area contributed by atoms with Crippen molar-refractivity contribution in [3.05, 3.63) is 29.8 Å². The van der Waals surface area contributed by atoms with Gasteiger partial charge in [0.25, 0.3) is 0 Å². The minimum atomic E-state index is -1.01. The van der Waals surface area contributed by atoms with E-state index >= 15 is 0 Å². The van der Waals surface area contributed by atoms with Crippen LogP contribution in [-0.2, 0) is 16.1 Å². The van der Waals surface area contributed by atoms with Crippen molar-refractivity contribution < 1.29 is 24.5 Å². The monoisotopic (exact) mass is 311 g/mol. The lowest BCUT2D eigenvalue weighted by molar-refractivity contribution is -0.136. The maximum Gasteiger partial charge on any atom is 0.249 e. The van der Waals surface area contributed by atoms with E-state index in [9.17, 15) is 15.0 Å². The van der Waals surface area contributed by atoms with Crippen LogP contribution in [-0.4, -0.2) is 48.1 Å². The van der Waals surface area contributed by atoms with E-state index in [2.05, 4.69) is 5.32 Å². The van der Waals surface area contributed by atoms with Crippen LogP contribution in [0.4, 0.5) is 0 Å². The SMILES string of the molecule is CCC(CO)(CO)NC(=O)[C@H](C)OCc1cccc(OC)c1. The average Bonchev–Trinajstić information content (AvgIpc) is 2.57. The zero-order valence-corrected chi connectivity index (χ0v) is 13.3. The Hall–Kier alpha value is -1.63. The van der Waals surface area contributed by atoms with Crippen LogP contribution in [0.15, 0.2) is 24.3 Å². The molecule has 1 rings (SSSR count). The average molecular weight is 311 g/mol. The van der Waals surface area contributed by atoms with Gasteiger partial charge in [-0.15, -0.1) is 0 Å². The highest BCUT2D eigenvalue weighted by atomic mass is 16.5. The van der Waals surface area contributed by atoms with Crippen molar-refractivity contribution in [2.24, 2.45) is 0 Å². The van der Waals surface area contributed by atoms with Gasteiger partial charge in [0.1, 0.15) is 11.9 Å². The number of amides is 1. The summed E-state index contributed by atoms with van der Waals surface area (Å²) in [6.07, 6.45) is -0.274. The number of hydrogen-bond donors (Lipinski definition) is 3. The van der Waals surface area contributed by atoms with E-state index in [0.717, 1.165) is 11.3 Å². The van der Waals surface area contributed by atoms with Gasteiger partial charge in [-0.1, -0.05) is 19.1 Å². The topological polar surface area (TPSA) is 88.0 Å². The van der Waals surface area contributed by atoms with Gasteiger partial charge in [0.05, 0.1) is 32.5 Å². The minimum absolute atomic E-state index is 0.267. The smallest absolute Gasteiger partial charge is 0.249 e. The number of carbonyl (C=O) groups excluding carboxylic acids is 1. The van der Waals surface area contributed by atoms with Crippen LogP contribution in [0, 0.1) is 0 Å². The normalized spacial score (nSPS) is 12.8. The molecule has 0 heterocycles. The third-order valence-corrected chi connectivity index (χ3v) is 3.67. The molecule has 0 aliphatic heterocycles. The van der Waals surface area contributed by atoms with Gasteiger partial charge >= 0.3 is 0 Å². The number of aliphatic hydroxyl groups excluding tert-OH is 2. The summed E-state index contributed by atoms with van der Waals surface area (Å²) >= 11 is 0. The van der Waals surface area contributed by atoms with E-state index in [1.54, 1.807) is 21.0 Å². The first kappa shape index (κ1) is 18.4. The van der Waals surface area contributed by atoms with Gasteiger partial charge in [-0.2, -0.15) is 0 Å². The fourth-order valence-electron chi connectivity index (χ4n) is 1.86. The molecule has 0 aliphatic carbocycles. The first-order chi connectivity index (χ1) is 10.5. The molecule has 1 aromatic carbocycles. The van der Waals surface area contributed by atoms with Crippen LogP contribution in [0.3, 0.4) is 0 Å². The molecule has 6 nitrogen and oxygen atoms in total. The van der Waals surface area contributed by atoms with E-state index in [-0.39, 0.29) is 25.7 Å². The van der Waals surface area contributed by atoms with Gasteiger partial charge in [-0.25, -0.2) is 0 Å². The molecule has 1 aromatic rings. The fraction of sp³-hybridized carbons (Fsp3) is 0.562. The van der Waals surface area contributed by atoms with E-state index < -0.39 is 11.6 Å². The summed E-state index contributed by atoms with van der Waals surface area (Å²) in [6.45, 7) is 3.03. The second-order valence-corrected chi connectivity index (χ2v) is 5.24. The van der Waals surface area contributed by atoms with Gasteiger partial charge in [-0.05, 0) is 31.0 Å². The Morgan fingerprint density at radius 2 is 2.05 bits per heavy atom. The Kier molecular flexibility index (Phi) is 7.31. The van der Waals surface area contributed by atoms with Crippen molar-refractivity contribution in [2.45, 2.75) is 38.5 Å². The molecule has 1 amide bonds. The number of carbonyl (C=O) groups is 1. The first-order valence-corrected chi connectivity index (χ1v) is 7.28. The van der Waals surface area contributed by atoms with Gasteiger partial charge in [0, 0.05) is 0 Å². The van der Waals surface area contributed by atoms with Gasteiger partial charge in [-0.3, -0.25) is 4.79 Å². The summed E-state index contributed by atoms with van der Waals surface area (Å²) in [5.74, 6) is 0.358.